The molecular weight excluding hydrogens is 585 g/mol. The van der Waals surface area contributed by atoms with Crippen LogP contribution in [0, 0.1) is 5.82 Å². The summed E-state index contributed by atoms with van der Waals surface area (Å²) in [6, 6.07) is 18.5. The monoisotopic (exact) mass is 621 g/mol. The summed E-state index contributed by atoms with van der Waals surface area (Å²) in [7, 11) is 0. The van der Waals surface area contributed by atoms with E-state index in [1.165, 1.54) is 36.4 Å². The Kier molecular flexibility index (Phi) is 11.4. The van der Waals surface area contributed by atoms with Crippen LogP contribution in [0.3, 0.4) is 0 Å². The first kappa shape index (κ1) is 34.2. The van der Waals surface area contributed by atoms with Crippen LogP contribution in [-0.2, 0) is 32.0 Å². The number of carbonyl (C=O) groups excluding carboxylic acids is 4. The number of halogens is 1. The van der Waals surface area contributed by atoms with Crippen molar-refractivity contribution in [3.63, 3.8) is 0 Å². The third-order valence-electron chi connectivity index (χ3n) is 5.37. The Morgan fingerprint density at radius 3 is 1.87 bits per heavy atom. The van der Waals surface area contributed by atoms with Crippen LogP contribution in [0.15, 0.2) is 77.8 Å². The molecule has 238 valence electrons. The lowest BCUT2D eigenvalue weighted by Gasteiger charge is -2.22. The molecule has 11 nitrogen and oxygen atoms in total. The SMILES string of the molecule is CC(C)(C)OC(=O)NC(=Nc1ccc(C(=O)Oc2ccc(CC(=O)OCc3ccccc3)cc2F)cc1)NC(=O)OC(C)(C)C. The maximum atomic E-state index is 14.7. The van der Waals surface area contributed by atoms with Gasteiger partial charge in [-0.05, 0) is 89.1 Å². The number of guanidine groups is 1. The van der Waals surface area contributed by atoms with Gasteiger partial charge in [0.2, 0.25) is 5.96 Å². The van der Waals surface area contributed by atoms with Gasteiger partial charge in [0.05, 0.1) is 17.7 Å². The molecule has 0 aromatic heterocycles. The largest absolute Gasteiger partial charge is 0.461 e. The van der Waals surface area contributed by atoms with Gasteiger partial charge >= 0.3 is 24.1 Å². The molecule has 45 heavy (non-hydrogen) atoms. The Hall–Kier alpha value is -5.26. The van der Waals surface area contributed by atoms with Crippen LogP contribution < -0.4 is 15.4 Å². The van der Waals surface area contributed by atoms with E-state index >= 15 is 0 Å². The van der Waals surface area contributed by atoms with Gasteiger partial charge in [-0.25, -0.2) is 23.8 Å². The highest BCUT2D eigenvalue weighted by Crippen LogP contribution is 2.22. The van der Waals surface area contributed by atoms with Crippen LogP contribution in [-0.4, -0.2) is 41.3 Å². The Morgan fingerprint density at radius 1 is 0.756 bits per heavy atom. The number of rotatable bonds is 7. The summed E-state index contributed by atoms with van der Waals surface area (Å²) in [6.07, 6.45) is -1.89. The second-order valence-electron chi connectivity index (χ2n) is 11.7. The van der Waals surface area contributed by atoms with Crippen LogP contribution in [0.5, 0.6) is 5.75 Å². The molecule has 0 spiro atoms. The lowest BCUT2D eigenvalue weighted by Crippen LogP contribution is -2.47. The molecule has 0 saturated heterocycles. The van der Waals surface area contributed by atoms with Crippen molar-refractivity contribution in [1.82, 2.24) is 10.6 Å². The van der Waals surface area contributed by atoms with Gasteiger partial charge in [0, 0.05) is 0 Å². The van der Waals surface area contributed by atoms with E-state index in [2.05, 4.69) is 15.6 Å². The van der Waals surface area contributed by atoms with Gasteiger partial charge in [-0.15, -0.1) is 0 Å². The topological polar surface area (TPSA) is 142 Å². The van der Waals surface area contributed by atoms with E-state index in [-0.39, 0.29) is 36.0 Å². The van der Waals surface area contributed by atoms with Crippen molar-refractivity contribution in [3.8, 4) is 5.75 Å². The van der Waals surface area contributed by atoms with Gasteiger partial charge in [-0.3, -0.25) is 15.4 Å². The van der Waals surface area contributed by atoms with Crippen molar-refractivity contribution in [2.24, 2.45) is 4.99 Å². The molecule has 0 aliphatic rings. The lowest BCUT2D eigenvalue weighted by molar-refractivity contribution is -0.144. The summed E-state index contributed by atoms with van der Waals surface area (Å²) in [5, 5.41) is 4.72. The minimum absolute atomic E-state index is 0.0728. The molecule has 12 heteroatoms. The summed E-state index contributed by atoms with van der Waals surface area (Å²) < 4.78 is 35.6. The molecule has 3 rings (SSSR count). The number of hydrogen-bond acceptors (Lipinski definition) is 9. The van der Waals surface area contributed by atoms with Gasteiger partial charge in [0.25, 0.3) is 0 Å². The van der Waals surface area contributed by atoms with Gasteiger partial charge in [-0.2, -0.15) is 0 Å². The zero-order valence-corrected chi connectivity index (χ0v) is 25.9. The van der Waals surface area contributed by atoms with Gasteiger partial charge < -0.3 is 18.9 Å². The molecule has 0 heterocycles. The molecule has 0 aliphatic carbocycles. The smallest absolute Gasteiger partial charge is 0.414 e. The van der Waals surface area contributed by atoms with Crippen molar-refractivity contribution >= 4 is 35.8 Å². The van der Waals surface area contributed by atoms with Gasteiger partial charge in [-0.1, -0.05) is 36.4 Å². The Labute approximate surface area is 260 Å². The maximum Gasteiger partial charge on any atom is 0.414 e. The molecule has 0 fully saturated rings. The maximum absolute atomic E-state index is 14.7. The molecule has 2 N–H and O–H groups in total. The van der Waals surface area contributed by atoms with Crippen LogP contribution in [0.1, 0.15) is 63.0 Å². The molecular formula is C33H36FN3O8. The number of nitrogens with one attached hydrogen (secondary N) is 2. The average Bonchev–Trinajstić information content (AvgIpc) is 2.92. The summed E-state index contributed by atoms with van der Waals surface area (Å²) in [4.78, 5) is 53.7. The van der Waals surface area contributed by atoms with E-state index in [4.69, 9.17) is 18.9 Å². The quantitative estimate of drug-likeness (QED) is 0.102. The van der Waals surface area contributed by atoms with E-state index in [9.17, 15) is 23.6 Å². The summed E-state index contributed by atoms with van der Waals surface area (Å²) >= 11 is 0. The summed E-state index contributed by atoms with van der Waals surface area (Å²) in [5.41, 5.74) is -0.126. The predicted molar refractivity (Wildman–Crippen MR) is 164 cm³/mol. The molecule has 0 saturated carbocycles. The van der Waals surface area contributed by atoms with E-state index in [0.717, 1.165) is 11.6 Å². The number of amides is 2. The van der Waals surface area contributed by atoms with E-state index in [1.54, 1.807) is 41.5 Å². The number of nitrogens with zero attached hydrogens (tertiary/aromatic N) is 1. The molecule has 0 atom stereocenters. The third kappa shape index (κ3) is 12.5. The predicted octanol–water partition coefficient (Wildman–Crippen LogP) is 6.37. The molecule has 2 amide bonds. The van der Waals surface area contributed by atoms with E-state index < -0.39 is 41.1 Å². The van der Waals surface area contributed by atoms with Crippen LogP contribution >= 0.6 is 0 Å². The first-order chi connectivity index (χ1) is 21.1. The minimum atomic E-state index is -0.866. The molecule has 0 unspecified atom stereocenters. The zero-order valence-electron chi connectivity index (χ0n) is 25.9. The number of hydrogen-bond donors (Lipinski definition) is 2. The van der Waals surface area contributed by atoms with E-state index in [0.29, 0.717) is 5.56 Å². The number of carbonyl (C=O) groups is 4. The Bertz CT molecular complexity index is 1510. The van der Waals surface area contributed by atoms with Gasteiger partial charge in [0.15, 0.2) is 11.6 Å². The highest BCUT2D eigenvalue weighted by atomic mass is 19.1. The van der Waals surface area contributed by atoms with Crippen LogP contribution in [0.25, 0.3) is 0 Å². The Balaban J connectivity index is 1.65. The second kappa shape index (κ2) is 15.0. The summed E-state index contributed by atoms with van der Waals surface area (Å²) in [5.74, 6) is -2.81. The van der Waals surface area contributed by atoms with E-state index in [1.807, 2.05) is 30.3 Å². The third-order valence-corrected chi connectivity index (χ3v) is 5.37. The average molecular weight is 622 g/mol. The normalized spacial score (nSPS) is 11.1. The van der Waals surface area contributed by atoms with Crippen molar-refractivity contribution in [1.29, 1.82) is 0 Å². The molecule has 3 aromatic rings. The number of esters is 2. The summed E-state index contributed by atoms with van der Waals surface area (Å²) in [6.45, 7) is 10.1. The number of ether oxygens (including phenoxy) is 4. The minimum Gasteiger partial charge on any atom is -0.461 e. The molecule has 0 radical (unpaired) electrons. The first-order valence-electron chi connectivity index (χ1n) is 14.0. The lowest BCUT2D eigenvalue weighted by atomic mass is 10.1. The van der Waals surface area contributed by atoms with Crippen molar-refractivity contribution in [2.75, 3.05) is 0 Å². The fraction of sp³-hybridized carbons (Fsp3) is 0.303. The first-order valence-corrected chi connectivity index (χ1v) is 14.0. The highest BCUT2D eigenvalue weighted by Gasteiger charge is 2.22. The van der Waals surface area contributed by atoms with Crippen LogP contribution in [0.2, 0.25) is 0 Å². The highest BCUT2D eigenvalue weighted by molar-refractivity contribution is 6.02. The molecule has 0 bridgehead atoms. The zero-order chi connectivity index (χ0) is 33.2. The number of aliphatic imine (C=N–C) groups is 1. The number of benzene rings is 3. The van der Waals surface area contributed by atoms with Gasteiger partial charge in [0.1, 0.15) is 17.8 Å². The van der Waals surface area contributed by atoms with Crippen molar-refractivity contribution in [3.05, 3.63) is 95.3 Å². The van der Waals surface area contributed by atoms with Crippen molar-refractivity contribution < 1.29 is 42.5 Å². The standard InChI is InChI=1S/C33H36FN3O8/c1-32(2,3)44-30(40)36-29(37-31(41)45-33(4,5)6)35-24-15-13-23(14-16-24)28(39)43-26-17-12-22(18-25(26)34)19-27(38)42-20-21-10-8-7-9-11-21/h7-18H,19-20H2,1-6H3,(H2,35,36,37,40,41). The fourth-order valence-corrected chi connectivity index (χ4v) is 3.54. The fourth-order valence-electron chi connectivity index (χ4n) is 3.54. The Morgan fingerprint density at radius 2 is 1.33 bits per heavy atom. The molecule has 3 aromatic carbocycles. The second-order valence-corrected chi connectivity index (χ2v) is 11.7. The van der Waals surface area contributed by atoms with Crippen LogP contribution in [0.4, 0.5) is 19.7 Å². The molecule has 0 aliphatic heterocycles. The van der Waals surface area contributed by atoms with Crippen molar-refractivity contribution in [2.45, 2.75) is 65.8 Å². The number of alkyl carbamates (subject to hydrolysis) is 2.